The zero-order valence-electron chi connectivity index (χ0n) is 9.23. The van der Waals surface area contributed by atoms with Crippen molar-refractivity contribution >= 4 is 11.6 Å². The molecule has 3 nitrogen and oxygen atoms in total. The Labute approximate surface area is 90.3 Å². The van der Waals surface area contributed by atoms with Crippen LogP contribution in [0.4, 0.5) is 5.69 Å². The third-order valence-corrected chi connectivity index (χ3v) is 2.22. The number of carbonyl (C=O) groups is 1. The molecule has 1 aromatic carbocycles. The molecule has 3 heteroatoms. The molecule has 0 radical (unpaired) electrons. The lowest BCUT2D eigenvalue weighted by molar-refractivity contribution is -0.118. The number of phenolic OH excluding ortho intramolecular Hbond substituents is 1. The van der Waals surface area contributed by atoms with Gasteiger partial charge in [0.25, 0.3) is 0 Å². The van der Waals surface area contributed by atoms with Crippen LogP contribution in [0.5, 0.6) is 5.75 Å². The van der Waals surface area contributed by atoms with Crippen molar-refractivity contribution in [1.29, 1.82) is 0 Å². The first-order valence-electron chi connectivity index (χ1n) is 5.28. The van der Waals surface area contributed by atoms with Gasteiger partial charge in [-0.15, -0.1) is 0 Å². The summed E-state index contributed by atoms with van der Waals surface area (Å²) in [6.45, 7) is 4.54. The van der Waals surface area contributed by atoms with Crippen molar-refractivity contribution < 1.29 is 9.90 Å². The van der Waals surface area contributed by atoms with Crippen molar-refractivity contribution in [1.82, 2.24) is 0 Å². The summed E-state index contributed by atoms with van der Waals surface area (Å²) in [6.07, 6.45) is 1.39. The zero-order valence-corrected chi connectivity index (χ0v) is 9.23. The highest BCUT2D eigenvalue weighted by Gasteiger charge is 2.12. The summed E-state index contributed by atoms with van der Waals surface area (Å²) in [7, 11) is 0. The van der Waals surface area contributed by atoms with Crippen molar-refractivity contribution in [2.24, 2.45) is 0 Å². The average Bonchev–Trinajstić information content (AvgIpc) is 2.19. The minimum Gasteiger partial charge on any atom is -0.508 e. The standard InChI is InChI=1S/C12H17NO2/c1-3-6-12(15)13(4-2)10-7-5-8-11(14)9-10/h5,7-9,14H,3-4,6H2,1-2H3. The summed E-state index contributed by atoms with van der Waals surface area (Å²) in [5.74, 6) is 0.292. The molecule has 1 amide bonds. The van der Waals surface area contributed by atoms with E-state index in [9.17, 15) is 9.90 Å². The van der Waals surface area contributed by atoms with Crippen LogP contribution in [0.25, 0.3) is 0 Å². The number of hydrogen-bond donors (Lipinski definition) is 1. The molecule has 0 heterocycles. The smallest absolute Gasteiger partial charge is 0.226 e. The van der Waals surface area contributed by atoms with Crippen LogP contribution in [0, 0.1) is 0 Å². The Hall–Kier alpha value is -1.51. The summed E-state index contributed by atoms with van der Waals surface area (Å²) >= 11 is 0. The first kappa shape index (κ1) is 11.6. The maximum atomic E-state index is 11.7. The first-order valence-corrected chi connectivity index (χ1v) is 5.28. The molecule has 1 aromatic rings. The molecule has 1 N–H and O–H groups in total. The highest BCUT2D eigenvalue weighted by molar-refractivity contribution is 5.93. The van der Waals surface area contributed by atoms with E-state index in [2.05, 4.69) is 0 Å². The molecule has 0 aliphatic rings. The fourth-order valence-corrected chi connectivity index (χ4v) is 1.51. The molecule has 0 aliphatic carbocycles. The van der Waals surface area contributed by atoms with Gasteiger partial charge in [0.2, 0.25) is 5.91 Å². The molecule has 15 heavy (non-hydrogen) atoms. The predicted molar refractivity (Wildman–Crippen MR) is 61.0 cm³/mol. The molecule has 0 bridgehead atoms. The number of phenols is 1. The molecular formula is C12H17NO2. The maximum Gasteiger partial charge on any atom is 0.226 e. The van der Waals surface area contributed by atoms with E-state index in [4.69, 9.17) is 0 Å². The quantitative estimate of drug-likeness (QED) is 0.824. The predicted octanol–water partition coefficient (Wildman–Crippen LogP) is 2.55. The Morgan fingerprint density at radius 3 is 2.67 bits per heavy atom. The second-order valence-electron chi connectivity index (χ2n) is 3.41. The molecule has 1 rings (SSSR count). The van der Waals surface area contributed by atoms with Crippen LogP contribution >= 0.6 is 0 Å². The summed E-state index contributed by atoms with van der Waals surface area (Å²) in [5.41, 5.74) is 0.760. The van der Waals surface area contributed by atoms with Crippen molar-refractivity contribution in [2.45, 2.75) is 26.7 Å². The molecule has 0 aromatic heterocycles. The van der Waals surface area contributed by atoms with Crippen molar-refractivity contribution in [3.8, 4) is 5.75 Å². The highest BCUT2D eigenvalue weighted by atomic mass is 16.3. The lowest BCUT2D eigenvalue weighted by Gasteiger charge is -2.20. The minimum atomic E-state index is 0.102. The number of rotatable bonds is 4. The normalized spacial score (nSPS) is 10.0. The lowest BCUT2D eigenvalue weighted by Crippen LogP contribution is -2.30. The van der Waals surface area contributed by atoms with E-state index in [1.54, 1.807) is 23.1 Å². The van der Waals surface area contributed by atoms with Gasteiger partial charge in [-0.3, -0.25) is 4.79 Å². The van der Waals surface area contributed by atoms with E-state index in [0.29, 0.717) is 13.0 Å². The molecule has 82 valence electrons. The second-order valence-corrected chi connectivity index (χ2v) is 3.41. The number of aromatic hydroxyl groups is 1. The van der Waals surface area contributed by atoms with E-state index >= 15 is 0 Å². The molecule has 0 saturated heterocycles. The van der Waals surface area contributed by atoms with Crippen molar-refractivity contribution in [3.63, 3.8) is 0 Å². The summed E-state index contributed by atoms with van der Waals surface area (Å²) < 4.78 is 0. The molecule has 0 saturated carbocycles. The lowest BCUT2D eigenvalue weighted by atomic mass is 10.2. The Bertz CT molecular complexity index is 336. The number of anilines is 1. The van der Waals surface area contributed by atoms with Crippen LogP contribution in [0.2, 0.25) is 0 Å². The number of hydrogen-bond acceptors (Lipinski definition) is 2. The van der Waals surface area contributed by atoms with Crippen LogP contribution in [0.15, 0.2) is 24.3 Å². The summed E-state index contributed by atoms with van der Waals surface area (Å²) in [4.78, 5) is 13.4. The molecule has 0 fully saturated rings. The van der Waals surface area contributed by atoms with Crippen LogP contribution in [-0.2, 0) is 4.79 Å². The van der Waals surface area contributed by atoms with Crippen LogP contribution < -0.4 is 4.90 Å². The van der Waals surface area contributed by atoms with Crippen LogP contribution in [-0.4, -0.2) is 17.6 Å². The van der Waals surface area contributed by atoms with Gasteiger partial charge in [0.15, 0.2) is 0 Å². The maximum absolute atomic E-state index is 11.7. The van der Waals surface area contributed by atoms with E-state index < -0.39 is 0 Å². The zero-order chi connectivity index (χ0) is 11.3. The van der Waals surface area contributed by atoms with Crippen LogP contribution in [0.1, 0.15) is 26.7 Å². The largest absolute Gasteiger partial charge is 0.508 e. The molecule has 0 atom stereocenters. The third-order valence-electron chi connectivity index (χ3n) is 2.22. The SMILES string of the molecule is CCCC(=O)N(CC)c1cccc(O)c1. The first-order chi connectivity index (χ1) is 7.19. The Morgan fingerprint density at radius 1 is 1.40 bits per heavy atom. The topological polar surface area (TPSA) is 40.5 Å². The number of amides is 1. The summed E-state index contributed by atoms with van der Waals surface area (Å²) in [6, 6.07) is 6.78. The average molecular weight is 207 g/mol. The van der Waals surface area contributed by atoms with E-state index in [-0.39, 0.29) is 11.7 Å². The highest BCUT2D eigenvalue weighted by Crippen LogP contribution is 2.20. The molecule has 0 aliphatic heterocycles. The number of carbonyl (C=O) groups excluding carboxylic acids is 1. The van der Waals surface area contributed by atoms with Gasteiger partial charge in [-0.25, -0.2) is 0 Å². The number of benzene rings is 1. The van der Waals surface area contributed by atoms with Gasteiger partial charge < -0.3 is 10.0 Å². The summed E-state index contributed by atoms with van der Waals surface area (Å²) in [5, 5.41) is 9.33. The van der Waals surface area contributed by atoms with E-state index in [1.807, 2.05) is 19.9 Å². The monoisotopic (exact) mass is 207 g/mol. The van der Waals surface area contributed by atoms with Gasteiger partial charge in [0.1, 0.15) is 5.75 Å². The minimum absolute atomic E-state index is 0.102. The van der Waals surface area contributed by atoms with E-state index in [1.165, 1.54) is 0 Å². The van der Waals surface area contributed by atoms with Crippen molar-refractivity contribution in [3.05, 3.63) is 24.3 Å². The van der Waals surface area contributed by atoms with Gasteiger partial charge in [0.05, 0.1) is 0 Å². The molecule has 0 unspecified atom stereocenters. The van der Waals surface area contributed by atoms with E-state index in [0.717, 1.165) is 12.1 Å². The Kier molecular flexibility index (Phi) is 4.16. The third kappa shape index (κ3) is 2.98. The van der Waals surface area contributed by atoms with Gasteiger partial charge in [-0.1, -0.05) is 13.0 Å². The Morgan fingerprint density at radius 2 is 2.13 bits per heavy atom. The van der Waals surface area contributed by atoms with Gasteiger partial charge in [0, 0.05) is 24.7 Å². The van der Waals surface area contributed by atoms with Crippen molar-refractivity contribution in [2.75, 3.05) is 11.4 Å². The fourth-order valence-electron chi connectivity index (χ4n) is 1.51. The molecular weight excluding hydrogens is 190 g/mol. The molecule has 0 spiro atoms. The van der Waals surface area contributed by atoms with Gasteiger partial charge in [-0.2, -0.15) is 0 Å². The van der Waals surface area contributed by atoms with Gasteiger partial charge >= 0.3 is 0 Å². The van der Waals surface area contributed by atoms with Gasteiger partial charge in [-0.05, 0) is 25.5 Å². The fraction of sp³-hybridized carbons (Fsp3) is 0.417. The van der Waals surface area contributed by atoms with Crippen LogP contribution in [0.3, 0.4) is 0 Å². The number of nitrogens with zero attached hydrogens (tertiary/aromatic N) is 1. The Balaban J connectivity index is 2.87. The second kappa shape index (κ2) is 5.39.